The van der Waals surface area contributed by atoms with E-state index in [1.54, 1.807) is 6.20 Å². The van der Waals surface area contributed by atoms with Crippen LogP contribution in [0.5, 0.6) is 0 Å². The molecular formula is C14H15N5O. The number of hydrogen-bond acceptors (Lipinski definition) is 4. The molecule has 0 aromatic carbocycles. The summed E-state index contributed by atoms with van der Waals surface area (Å²) in [5, 5.41) is 9.53. The van der Waals surface area contributed by atoms with Crippen LogP contribution in [0.2, 0.25) is 0 Å². The van der Waals surface area contributed by atoms with Crippen molar-refractivity contribution < 1.29 is 4.79 Å². The van der Waals surface area contributed by atoms with Crippen molar-refractivity contribution in [2.45, 2.75) is 19.3 Å². The number of hydrogen-bond donors (Lipinski definition) is 2. The SMILES string of the molecule is O=C(Nc1n[nH]c(-c2ccccn2)n1)[C@@H]1CC=CCC1. The van der Waals surface area contributed by atoms with Crippen molar-refractivity contribution in [3.05, 3.63) is 36.5 Å². The Morgan fingerprint density at radius 3 is 3.05 bits per heavy atom. The molecule has 0 saturated heterocycles. The first-order chi connectivity index (χ1) is 9.83. The molecular weight excluding hydrogens is 254 g/mol. The van der Waals surface area contributed by atoms with Crippen molar-refractivity contribution in [1.29, 1.82) is 0 Å². The summed E-state index contributed by atoms with van der Waals surface area (Å²) in [5.41, 5.74) is 0.695. The highest BCUT2D eigenvalue weighted by molar-refractivity contribution is 5.91. The summed E-state index contributed by atoms with van der Waals surface area (Å²) < 4.78 is 0. The second-order valence-electron chi connectivity index (χ2n) is 4.69. The third kappa shape index (κ3) is 2.74. The lowest BCUT2D eigenvalue weighted by molar-refractivity contribution is -0.120. The molecule has 1 amide bonds. The Bertz CT molecular complexity index is 620. The quantitative estimate of drug-likeness (QED) is 0.836. The van der Waals surface area contributed by atoms with Crippen LogP contribution in [0.4, 0.5) is 5.95 Å². The van der Waals surface area contributed by atoms with Crippen LogP contribution < -0.4 is 5.32 Å². The molecule has 0 radical (unpaired) electrons. The maximum absolute atomic E-state index is 12.1. The van der Waals surface area contributed by atoms with E-state index in [4.69, 9.17) is 0 Å². The average molecular weight is 269 g/mol. The van der Waals surface area contributed by atoms with Gasteiger partial charge in [-0.2, -0.15) is 4.98 Å². The smallest absolute Gasteiger partial charge is 0.249 e. The van der Waals surface area contributed by atoms with Gasteiger partial charge in [0.25, 0.3) is 0 Å². The van der Waals surface area contributed by atoms with Gasteiger partial charge < -0.3 is 0 Å². The minimum absolute atomic E-state index is 0.0109. The predicted octanol–water partition coefficient (Wildman–Crippen LogP) is 2.16. The van der Waals surface area contributed by atoms with Gasteiger partial charge in [0.2, 0.25) is 11.9 Å². The fourth-order valence-corrected chi connectivity index (χ4v) is 2.18. The highest BCUT2D eigenvalue weighted by Crippen LogP contribution is 2.20. The van der Waals surface area contributed by atoms with E-state index in [-0.39, 0.29) is 11.8 Å². The van der Waals surface area contributed by atoms with Gasteiger partial charge in [-0.3, -0.25) is 20.2 Å². The Morgan fingerprint density at radius 2 is 2.30 bits per heavy atom. The van der Waals surface area contributed by atoms with Gasteiger partial charge in [-0.1, -0.05) is 18.2 Å². The van der Waals surface area contributed by atoms with Gasteiger partial charge in [-0.15, -0.1) is 5.10 Å². The molecule has 102 valence electrons. The summed E-state index contributed by atoms with van der Waals surface area (Å²) in [7, 11) is 0. The monoisotopic (exact) mass is 269 g/mol. The fraction of sp³-hybridized carbons (Fsp3) is 0.286. The largest absolute Gasteiger partial charge is 0.293 e. The van der Waals surface area contributed by atoms with Gasteiger partial charge >= 0.3 is 0 Å². The molecule has 0 fully saturated rings. The average Bonchev–Trinajstić information content (AvgIpc) is 2.97. The lowest BCUT2D eigenvalue weighted by Gasteiger charge is -2.15. The molecule has 0 bridgehead atoms. The topological polar surface area (TPSA) is 83.6 Å². The van der Waals surface area contributed by atoms with Crippen LogP contribution >= 0.6 is 0 Å². The van der Waals surface area contributed by atoms with E-state index in [1.807, 2.05) is 24.3 Å². The minimum atomic E-state index is -0.0269. The molecule has 6 heteroatoms. The predicted molar refractivity (Wildman–Crippen MR) is 74.7 cm³/mol. The van der Waals surface area contributed by atoms with Crippen LogP contribution in [0.1, 0.15) is 19.3 Å². The number of aromatic nitrogens is 4. The first-order valence-corrected chi connectivity index (χ1v) is 6.62. The molecule has 1 aliphatic carbocycles. The number of H-pyrrole nitrogens is 1. The zero-order valence-corrected chi connectivity index (χ0v) is 10.9. The molecule has 2 aromatic heterocycles. The van der Waals surface area contributed by atoms with Gasteiger partial charge in [-0.05, 0) is 31.4 Å². The van der Waals surface area contributed by atoms with Crippen molar-refractivity contribution in [1.82, 2.24) is 20.2 Å². The number of amides is 1. The Hall–Kier alpha value is -2.50. The molecule has 0 saturated carbocycles. The number of allylic oxidation sites excluding steroid dienone is 2. The summed E-state index contributed by atoms with van der Waals surface area (Å²) in [6.45, 7) is 0. The van der Waals surface area contributed by atoms with Crippen LogP contribution in [-0.2, 0) is 4.79 Å². The molecule has 1 atom stereocenters. The summed E-state index contributed by atoms with van der Waals surface area (Å²) in [5.74, 6) is 0.826. The Balaban J connectivity index is 1.68. The molecule has 2 N–H and O–H groups in total. The van der Waals surface area contributed by atoms with E-state index in [2.05, 4.69) is 31.6 Å². The van der Waals surface area contributed by atoms with E-state index < -0.39 is 0 Å². The number of anilines is 1. The number of aromatic amines is 1. The summed E-state index contributed by atoms with van der Waals surface area (Å²) >= 11 is 0. The molecule has 0 aliphatic heterocycles. The number of nitrogens with zero attached hydrogens (tertiary/aromatic N) is 3. The Morgan fingerprint density at radius 1 is 1.35 bits per heavy atom. The fourth-order valence-electron chi connectivity index (χ4n) is 2.18. The Kier molecular flexibility index (Phi) is 3.54. The molecule has 20 heavy (non-hydrogen) atoms. The zero-order chi connectivity index (χ0) is 13.8. The van der Waals surface area contributed by atoms with Gasteiger partial charge in [0, 0.05) is 12.1 Å². The van der Waals surface area contributed by atoms with Crippen LogP contribution in [-0.4, -0.2) is 26.1 Å². The van der Waals surface area contributed by atoms with Crippen molar-refractivity contribution >= 4 is 11.9 Å². The standard InChI is InChI=1S/C14H15N5O/c20-13(10-6-2-1-3-7-10)17-14-16-12(18-19-14)11-8-4-5-9-15-11/h1-2,4-5,8-10H,3,6-7H2,(H2,16,17,18,19,20)/t10-/m1/s1. The van der Waals surface area contributed by atoms with Crippen molar-refractivity contribution in [3.63, 3.8) is 0 Å². The number of nitrogens with one attached hydrogen (secondary N) is 2. The second-order valence-corrected chi connectivity index (χ2v) is 4.69. The van der Waals surface area contributed by atoms with E-state index >= 15 is 0 Å². The lowest BCUT2D eigenvalue weighted by Crippen LogP contribution is -2.24. The van der Waals surface area contributed by atoms with E-state index in [1.165, 1.54) is 0 Å². The van der Waals surface area contributed by atoms with Gasteiger partial charge in [-0.25, -0.2) is 0 Å². The van der Waals surface area contributed by atoms with Crippen molar-refractivity contribution in [3.8, 4) is 11.5 Å². The van der Waals surface area contributed by atoms with Crippen LogP contribution in [0, 0.1) is 5.92 Å². The van der Waals surface area contributed by atoms with Gasteiger partial charge in [0.1, 0.15) is 5.69 Å². The van der Waals surface area contributed by atoms with E-state index in [9.17, 15) is 4.79 Å². The molecule has 0 unspecified atom stereocenters. The Labute approximate surface area is 116 Å². The van der Waals surface area contributed by atoms with Gasteiger partial charge in [0.05, 0.1) is 0 Å². The molecule has 2 aromatic rings. The molecule has 6 nitrogen and oxygen atoms in total. The van der Waals surface area contributed by atoms with Crippen LogP contribution in [0.3, 0.4) is 0 Å². The maximum atomic E-state index is 12.1. The van der Waals surface area contributed by atoms with Crippen LogP contribution in [0.15, 0.2) is 36.5 Å². The number of carbonyl (C=O) groups is 1. The highest BCUT2D eigenvalue weighted by atomic mass is 16.2. The van der Waals surface area contributed by atoms with E-state index in [0.29, 0.717) is 17.5 Å². The normalized spacial score (nSPS) is 17.9. The molecule has 1 aliphatic rings. The summed E-state index contributed by atoms with van der Waals surface area (Å²) in [4.78, 5) is 20.5. The maximum Gasteiger partial charge on any atom is 0.249 e. The third-order valence-corrected chi connectivity index (χ3v) is 3.27. The lowest BCUT2D eigenvalue weighted by atomic mass is 9.94. The van der Waals surface area contributed by atoms with Crippen LogP contribution in [0.25, 0.3) is 11.5 Å². The first kappa shape index (κ1) is 12.5. The molecule has 3 rings (SSSR count). The number of carbonyl (C=O) groups excluding carboxylic acids is 1. The molecule has 2 heterocycles. The first-order valence-electron chi connectivity index (χ1n) is 6.62. The summed E-state index contributed by atoms with van der Waals surface area (Å²) in [6.07, 6.45) is 8.44. The second kappa shape index (κ2) is 5.64. The van der Waals surface area contributed by atoms with Crippen molar-refractivity contribution in [2.24, 2.45) is 5.92 Å². The summed E-state index contributed by atoms with van der Waals surface area (Å²) in [6, 6.07) is 5.54. The number of pyridine rings is 1. The third-order valence-electron chi connectivity index (χ3n) is 3.27. The minimum Gasteiger partial charge on any atom is -0.293 e. The van der Waals surface area contributed by atoms with E-state index in [0.717, 1.165) is 19.3 Å². The highest BCUT2D eigenvalue weighted by Gasteiger charge is 2.20. The number of rotatable bonds is 3. The van der Waals surface area contributed by atoms with Crippen molar-refractivity contribution in [2.75, 3.05) is 5.32 Å². The molecule has 0 spiro atoms. The van der Waals surface area contributed by atoms with Gasteiger partial charge in [0.15, 0.2) is 5.82 Å². The zero-order valence-electron chi connectivity index (χ0n) is 10.9.